The van der Waals surface area contributed by atoms with Crippen molar-refractivity contribution in [3.63, 3.8) is 0 Å². The highest BCUT2D eigenvalue weighted by molar-refractivity contribution is 6.38. The van der Waals surface area contributed by atoms with Crippen LogP contribution in [0.15, 0.2) is 72.8 Å². The third-order valence-corrected chi connectivity index (χ3v) is 10.1. The number of benzene rings is 4. The van der Waals surface area contributed by atoms with Gasteiger partial charge in [0.15, 0.2) is 11.9 Å². The van der Waals surface area contributed by atoms with Crippen molar-refractivity contribution in [3.8, 4) is 11.5 Å². The van der Waals surface area contributed by atoms with Gasteiger partial charge in [0.1, 0.15) is 35.1 Å². The largest absolute Gasteiger partial charge is 0.482 e. The zero-order valence-electron chi connectivity index (χ0n) is 26.1. The van der Waals surface area contributed by atoms with Crippen LogP contribution in [0.25, 0.3) is 0 Å². The maximum absolute atomic E-state index is 14.7. The summed E-state index contributed by atoms with van der Waals surface area (Å²) in [6.45, 7) is 1.24. The number of carbonyl (C=O) groups excluding carboxylic acids is 3. The number of halogens is 4. The van der Waals surface area contributed by atoms with Crippen LogP contribution in [0.2, 0.25) is 20.1 Å². The Labute approximate surface area is 307 Å². The third kappa shape index (κ3) is 5.24. The number of nitro groups is 2. The number of nitrogens with zero attached hydrogens (tertiary/aromatic N) is 5. The molecule has 51 heavy (non-hydrogen) atoms. The van der Waals surface area contributed by atoms with Gasteiger partial charge in [0.25, 0.3) is 23.2 Å². The van der Waals surface area contributed by atoms with Crippen molar-refractivity contribution >= 4 is 86.8 Å². The van der Waals surface area contributed by atoms with E-state index >= 15 is 0 Å². The highest BCUT2D eigenvalue weighted by Crippen LogP contribution is 2.56. The van der Waals surface area contributed by atoms with Gasteiger partial charge in [-0.15, -0.1) is 0 Å². The highest BCUT2D eigenvalue weighted by atomic mass is 35.5. The van der Waals surface area contributed by atoms with Crippen LogP contribution in [0, 0.1) is 20.2 Å². The Hall–Kier alpha value is -4.99. The summed E-state index contributed by atoms with van der Waals surface area (Å²) in [5, 5.41) is 23.0. The Bertz CT molecular complexity index is 2200. The number of hydrogen-bond donors (Lipinski definition) is 0. The molecule has 4 aromatic rings. The van der Waals surface area contributed by atoms with E-state index in [0.717, 1.165) is 12.1 Å². The van der Waals surface area contributed by atoms with E-state index in [9.17, 15) is 34.6 Å². The summed E-state index contributed by atoms with van der Waals surface area (Å²) < 4.78 is 13.1. The topological polar surface area (TPSA) is 166 Å². The molecule has 0 aromatic heterocycles. The van der Waals surface area contributed by atoms with Gasteiger partial charge in [-0.25, -0.2) is 4.90 Å². The van der Waals surface area contributed by atoms with Crippen LogP contribution in [-0.2, 0) is 4.79 Å². The molecule has 0 bridgehead atoms. The Kier molecular flexibility index (Phi) is 8.35. The summed E-state index contributed by atoms with van der Waals surface area (Å²) in [5.74, 6) is -2.06. The number of carbonyl (C=O) groups is 3. The molecule has 0 radical (unpaired) electrons. The highest BCUT2D eigenvalue weighted by Gasteiger charge is 2.72. The Morgan fingerprint density at radius 1 is 0.725 bits per heavy atom. The molecule has 0 spiro atoms. The number of ketones is 1. The number of likely N-dealkylation sites (tertiary alicyclic amines) is 1. The third-order valence-electron chi connectivity index (χ3n) is 9.06. The van der Waals surface area contributed by atoms with Gasteiger partial charge in [0.2, 0.25) is 5.72 Å². The molecule has 4 atom stereocenters. The van der Waals surface area contributed by atoms with Gasteiger partial charge in [0.05, 0.1) is 19.9 Å². The first-order chi connectivity index (χ1) is 24.1. The van der Waals surface area contributed by atoms with E-state index in [1.165, 1.54) is 89.3 Å². The lowest BCUT2D eigenvalue weighted by Gasteiger charge is -2.47. The van der Waals surface area contributed by atoms with Crippen molar-refractivity contribution in [3.05, 3.63) is 124 Å². The minimum atomic E-state index is -2.07. The molecule has 4 aromatic carbocycles. The quantitative estimate of drug-likeness (QED) is 0.150. The SMILES string of the molecule is CC(=O)C12Oc3cc(Cl)cc(Cl)c3N(C(=O)c3ccc([N+](=O)[O-])cc3)C1C1Oc3cc(Cl)cc(Cl)c3N(C(=O)c3ccc([N+](=O)[O-])cc3)C1N2C. The molecule has 3 aliphatic heterocycles. The number of non-ortho nitro benzene ring substituents is 2. The Morgan fingerprint density at radius 3 is 1.65 bits per heavy atom. The molecule has 0 N–H and O–H groups in total. The Morgan fingerprint density at radius 2 is 1.18 bits per heavy atom. The lowest BCUT2D eigenvalue weighted by molar-refractivity contribution is -0.385. The molecular formula is C33H21Cl4N5O9. The van der Waals surface area contributed by atoms with Crippen LogP contribution in [0.4, 0.5) is 22.7 Å². The van der Waals surface area contributed by atoms with Crippen molar-refractivity contribution in [1.82, 2.24) is 4.90 Å². The lowest BCUT2D eigenvalue weighted by Crippen LogP contribution is -2.69. The number of amides is 2. The van der Waals surface area contributed by atoms with Gasteiger partial charge < -0.3 is 9.47 Å². The van der Waals surface area contributed by atoms with Crippen molar-refractivity contribution in [1.29, 1.82) is 0 Å². The molecule has 4 unspecified atom stereocenters. The van der Waals surface area contributed by atoms with Gasteiger partial charge in [-0.2, -0.15) is 0 Å². The van der Waals surface area contributed by atoms with Gasteiger partial charge in [-0.1, -0.05) is 46.4 Å². The van der Waals surface area contributed by atoms with Gasteiger partial charge in [-0.05, 0) is 43.4 Å². The number of anilines is 2. The summed E-state index contributed by atoms with van der Waals surface area (Å²) in [6.07, 6.45) is -2.52. The van der Waals surface area contributed by atoms with Gasteiger partial charge >= 0.3 is 0 Å². The van der Waals surface area contributed by atoms with E-state index in [0.29, 0.717) is 0 Å². The van der Waals surface area contributed by atoms with Crippen LogP contribution in [0.1, 0.15) is 27.6 Å². The standard InChI is InChI=1S/C33H21Cl4N5O9/c1-15(43)33-29(39(27-23(37)12-19(35)14-25(27)51-33)31(44)16-3-7-20(8-4-16)41(46)47)28-30(38(33)2)40(26-22(36)11-18(34)13-24(26)50-28)32(45)17-5-9-21(10-6-17)42(48)49/h3-14,28-30H,1-2H3. The van der Waals surface area contributed by atoms with Gasteiger partial charge in [0, 0.05) is 64.5 Å². The van der Waals surface area contributed by atoms with Crippen molar-refractivity contribution in [2.24, 2.45) is 0 Å². The van der Waals surface area contributed by atoms with Crippen LogP contribution in [0.5, 0.6) is 11.5 Å². The number of likely N-dealkylation sites (N-methyl/N-ethyl adjacent to an activating group) is 1. The number of fused-ring (bicyclic) bond motifs is 5. The minimum absolute atomic E-state index is 0.00389. The Balaban J connectivity index is 1.47. The van der Waals surface area contributed by atoms with Crippen molar-refractivity contribution < 1.29 is 33.7 Å². The molecular weight excluding hydrogens is 752 g/mol. The molecule has 0 aliphatic carbocycles. The fourth-order valence-corrected chi connectivity index (χ4v) is 8.06. The van der Waals surface area contributed by atoms with E-state index < -0.39 is 51.5 Å². The lowest BCUT2D eigenvalue weighted by atomic mass is 9.92. The second-order valence-electron chi connectivity index (χ2n) is 11.8. The predicted molar refractivity (Wildman–Crippen MR) is 187 cm³/mol. The predicted octanol–water partition coefficient (Wildman–Crippen LogP) is 7.19. The fraction of sp³-hybridized carbons (Fsp3) is 0.182. The summed E-state index contributed by atoms with van der Waals surface area (Å²) in [5.41, 5.74) is -2.48. The molecule has 3 heterocycles. The van der Waals surface area contributed by atoms with Crippen molar-refractivity contribution in [2.45, 2.75) is 31.0 Å². The van der Waals surface area contributed by atoms with E-state index in [4.69, 9.17) is 55.9 Å². The first kappa shape index (κ1) is 34.5. The van der Waals surface area contributed by atoms with Crippen LogP contribution >= 0.6 is 46.4 Å². The van der Waals surface area contributed by atoms with E-state index in [-0.39, 0.29) is 65.5 Å². The molecule has 260 valence electrons. The first-order valence-electron chi connectivity index (χ1n) is 14.9. The monoisotopic (exact) mass is 771 g/mol. The molecule has 1 fully saturated rings. The van der Waals surface area contributed by atoms with E-state index in [2.05, 4.69) is 0 Å². The summed E-state index contributed by atoms with van der Waals surface area (Å²) in [7, 11) is 1.50. The number of rotatable bonds is 5. The molecule has 7 rings (SSSR count). The normalized spacial score (nSPS) is 21.7. The molecule has 1 saturated heterocycles. The summed E-state index contributed by atoms with van der Waals surface area (Å²) in [6, 6.07) is 13.9. The van der Waals surface area contributed by atoms with Gasteiger partial charge in [-0.3, -0.25) is 44.4 Å². The van der Waals surface area contributed by atoms with Crippen LogP contribution < -0.4 is 19.3 Å². The van der Waals surface area contributed by atoms with E-state index in [1.807, 2.05) is 0 Å². The zero-order chi connectivity index (χ0) is 36.7. The average molecular weight is 773 g/mol. The number of Topliss-reactive ketones (excluding diaryl/α,β-unsaturated/α-hetero) is 1. The molecule has 18 heteroatoms. The molecule has 2 amide bonds. The molecule has 3 aliphatic rings. The number of nitro benzene ring substituents is 2. The number of ether oxygens (including phenoxy) is 2. The van der Waals surface area contributed by atoms with Crippen LogP contribution in [0.3, 0.4) is 0 Å². The molecule has 14 nitrogen and oxygen atoms in total. The maximum atomic E-state index is 14.7. The fourth-order valence-electron chi connectivity index (χ4n) is 6.92. The average Bonchev–Trinajstić information content (AvgIpc) is 3.33. The second-order valence-corrected chi connectivity index (χ2v) is 13.5. The maximum Gasteiger partial charge on any atom is 0.269 e. The first-order valence-corrected chi connectivity index (χ1v) is 16.4. The number of hydrogen-bond acceptors (Lipinski definition) is 10. The van der Waals surface area contributed by atoms with Crippen molar-refractivity contribution in [2.75, 3.05) is 16.8 Å². The molecule has 0 saturated carbocycles. The summed E-state index contributed by atoms with van der Waals surface area (Å²) >= 11 is 26.2. The van der Waals surface area contributed by atoms with E-state index in [1.54, 1.807) is 0 Å². The smallest absolute Gasteiger partial charge is 0.269 e. The summed E-state index contributed by atoms with van der Waals surface area (Å²) in [4.78, 5) is 68.8. The second kappa shape index (κ2) is 12.4. The minimum Gasteiger partial charge on any atom is -0.482 e. The zero-order valence-corrected chi connectivity index (χ0v) is 29.1. The van der Waals surface area contributed by atoms with Crippen LogP contribution in [-0.4, -0.2) is 63.4 Å².